The minimum absolute atomic E-state index is 0.271. The highest BCUT2D eigenvalue weighted by atomic mass is 16.3. The maximum Gasteiger partial charge on any atom is 0.192 e. The minimum atomic E-state index is -0.494. The first kappa shape index (κ1) is 10.1. The Bertz CT molecular complexity index is 465. The number of hydrogen-bond acceptors (Lipinski definition) is 4. The SMILES string of the molecule is Cc1nc2ccc(CC(O)CN)cc2o1. The summed E-state index contributed by atoms with van der Waals surface area (Å²) < 4.78 is 5.40. The van der Waals surface area contributed by atoms with Crippen LogP contribution in [0.4, 0.5) is 0 Å². The van der Waals surface area contributed by atoms with Crippen LogP contribution >= 0.6 is 0 Å². The third kappa shape index (κ3) is 2.16. The van der Waals surface area contributed by atoms with E-state index in [1.165, 1.54) is 0 Å². The van der Waals surface area contributed by atoms with Gasteiger partial charge >= 0.3 is 0 Å². The number of aliphatic hydroxyl groups is 1. The van der Waals surface area contributed by atoms with Gasteiger partial charge in [-0.3, -0.25) is 0 Å². The highest BCUT2D eigenvalue weighted by Crippen LogP contribution is 2.17. The monoisotopic (exact) mass is 206 g/mol. The van der Waals surface area contributed by atoms with Gasteiger partial charge in [0.2, 0.25) is 0 Å². The largest absolute Gasteiger partial charge is 0.441 e. The highest BCUT2D eigenvalue weighted by molar-refractivity contribution is 5.73. The molecule has 1 atom stereocenters. The number of aryl methyl sites for hydroxylation is 1. The smallest absolute Gasteiger partial charge is 0.192 e. The van der Waals surface area contributed by atoms with Crippen LogP contribution in [0.25, 0.3) is 11.1 Å². The van der Waals surface area contributed by atoms with E-state index in [1.54, 1.807) is 0 Å². The Balaban J connectivity index is 2.30. The Labute approximate surface area is 87.7 Å². The zero-order valence-corrected chi connectivity index (χ0v) is 8.60. The highest BCUT2D eigenvalue weighted by Gasteiger charge is 2.06. The number of rotatable bonds is 3. The van der Waals surface area contributed by atoms with Crippen molar-refractivity contribution in [2.24, 2.45) is 5.73 Å². The van der Waals surface area contributed by atoms with Gasteiger partial charge in [0.1, 0.15) is 5.52 Å². The second-order valence-electron chi connectivity index (χ2n) is 3.63. The van der Waals surface area contributed by atoms with E-state index in [9.17, 15) is 5.11 Å². The van der Waals surface area contributed by atoms with Gasteiger partial charge in [-0.15, -0.1) is 0 Å². The zero-order valence-electron chi connectivity index (χ0n) is 8.60. The Kier molecular flexibility index (Phi) is 2.70. The molecule has 0 saturated heterocycles. The van der Waals surface area contributed by atoms with Crippen LogP contribution in [0.15, 0.2) is 22.6 Å². The third-order valence-electron chi connectivity index (χ3n) is 2.30. The number of aromatic nitrogens is 1. The quantitative estimate of drug-likeness (QED) is 0.785. The van der Waals surface area contributed by atoms with Crippen LogP contribution in [-0.4, -0.2) is 22.7 Å². The number of nitrogens with two attached hydrogens (primary N) is 1. The molecule has 3 N–H and O–H groups in total. The summed E-state index contributed by atoms with van der Waals surface area (Å²) in [7, 11) is 0. The molecule has 0 spiro atoms. The van der Waals surface area contributed by atoms with E-state index in [4.69, 9.17) is 10.2 Å². The first-order chi connectivity index (χ1) is 7.19. The molecular formula is C11H14N2O2. The fraction of sp³-hybridized carbons (Fsp3) is 0.364. The molecule has 0 saturated carbocycles. The van der Waals surface area contributed by atoms with Crippen LogP contribution in [-0.2, 0) is 6.42 Å². The van der Waals surface area contributed by atoms with Crippen LogP contribution in [0.2, 0.25) is 0 Å². The molecule has 0 aliphatic carbocycles. The summed E-state index contributed by atoms with van der Waals surface area (Å²) in [6.45, 7) is 2.09. The number of hydrogen-bond donors (Lipinski definition) is 2. The Morgan fingerprint density at radius 2 is 2.33 bits per heavy atom. The lowest BCUT2D eigenvalue weighted by Gasteiger charge is -2.06. The molecule has 1 heterocycles. The summed E-state index contributed by atoms with van der Waals surface area (Å²) in [5.74, 6) is 0.654. The second-order valence-corrected chi connectivity index (χ2v) is 3.63. The molecule has 0 radical (unpaired) electrons. The molecule has 2 rings (SSSR count). The van der Waals surface area contributed by atoms with Crippen LogP contribution in [0.5, 0.6) is 0 Å². The van der Waals surface area contributed by atoms with Crippen molar-refractivity contribution in [2.45, 2.75) is 19.4 Å². The molecule has 0 aliphatic heterocycles. The fourth-order valence-electron chi connectivity index (χ4n) is 1.57. The van der Waals surface area contributed by atoms with E-state index in [2.05, 4.69) is 4.98 Å². The van der Waals surface area contributed by atoms with Gasteiger partial charge in [0.05, 0.1) is 6.10 Å². The summed E-state index contributed by atoms with van der Waals surface area (Å²) in [5.41, 5.74) is 7.97. The van der Waals surface area contributed by atoms with E-state index in [-0.39, 0.29) is 6.54 Å². The van der Waals surface area contributed by atoms with Gasteiger partial charge in [-0.2, -0.15) is 0 Å². The van der Waals surface area contributed by atoms with Gasteiger partial charge in [0.15, 0.2) is 11.5 Å². The lowest BCUT2D eigenvalue weighted by molar-refractivity contribution is 0.183. The number of nitrogens with zero attached hydrogens (tertiary/aromatic N) is 1. The van der Waals surface area contributed by atoms with E-state index in [1.807, 2.05) is 25.1 Å². The molecule has 1 unspecified atom stereocenters. The predicted octanol–water partition coefficient (Wildman–Crippen LogP) is 0.998. The molecule has 4 nitrogen and oxygen atoms in total. The molecule has 1 aromatic heterocycles. The minimum Gasteiger partial charge on any atom is -0.441 e. The molecule has 0 fully saturated rings. The van der Waals surface area contributed by atoms with E-state index >= 15 is 0 Å². The molecule has 80 valence electrons. The zero-order chi connectivity index (χ0) is 10.8. The average Bonchev–Trinajstić information content (AvgIpc) is 2.57. The van der Waals surface area contributed by atoms with Crippen molar-refractivity contribution in [1.29, 1.82) is 0 Å². The van der Waals surface area contributed by atoms with Crippen molar-refractivity contribution in [1.82, 2.24) is 4.98 Å². The van der Waals surface area contributed by atoms with E-state index in [0.717, 1.165) is 16.7 Å². The summed E-state index contributed by atoms with van der Waals surface area (Å²) in [6, 6.07) is 5.72. The molecule has 2 aromatic rings. The van der Waals surface area contributed by atoms with Gasteiger partial charge in [-0.1, -0.05) is 6.07 Å². The van der Waals surface area contributed by atoms with Crippen LogP contribution in [0.3, 0.4) is 0 Å². The van der Waals surface area contributed by atoms with Crippen molar-refractivity contribution >= 4 is 11.1 Å². The number of fused-ring (bicyclic) bond motifs is 1. The van der Waals surface area contributed by atoms with E-state index in [0.29, 0.717) is 12.3 Å². The summed E-state index contributed by atoms with van der Waals surface area (Å²) in [4.78, 5) is 4.20. The predicted molar refractivity (Wildman–Crippen MR) is 57.5 cm³/mol. The Morgan fingerprint density at radius 1 is 1.53 bits per heavy atom. The van der Waals surface area contributed by atoms with Gasteiger partial charge in [-0.25, -0.2) is 4.98 Å². The summed E-state index contributed by atoms with van der Waals surface area (Å²) in [5, 5.41) is 9.42. The first-order valence-corrected chi connectivity index (χ1v) is 4.93. The number of benzene rings is 1. The lowest BCUT2D eigenvalue weighted by Crippen LogP contribution is -2.21. The molecule has 1 aromatic carbocycles. The summed E-state index contributed by atoms with van der Waals surface area (Å²) >= 11 is 0. The molecule has 0 bridgehead atoms. The molecular weight excluding hydrogens is 192 g/mol. The third-order valence-corrected chi connectivity index (χ3v) is 2.30. The maximum absolute atomic E-state index is 9.42. The molecule has 0 aliphatic rings. The number of aliphatic hydroxyl groups excluding tert-OH is 1. The molecule has 15 heavy (non-hydrogen) atoms. The maximum atomic E-state index is 9.42. The molecule has 4 heteroatoms. The first-order valence-electron chi connectivity index (χ1n) is 4.93. The van der Waals surface area contributed by atoms with E-state index < -0.39 is 6.10 Å². The lowest BCUT2D eigenvalue weighted by atomic mass is 10.1. The normalized spacial score (nSPS) is 13.3. The number of oxazole rings is 1. The van der Waals surface area contributed by atoms with Crippen molar-refractivity contribution in [3.63, 3.8) is 0 Å². The summed E-state index contributed by atoms with van der Waals surface area (Å²) in [6.07, 6.45) is 0.0538. The van der Waals surface area contributed by atoms with Crippen molar-refractivity contribution in [2.75, 3.05) is 6.54 Å². The Hall–Kier alpha value is -1.39. The van der Waals surface area contributed by atoms with Crippen LogP contribution in [0.1, 0.15) is 11.5 Å². The second kappa shape index (κ2) is 4.00. The van der Waals surface area contributed by atoms with Crippen molar-refractivity contribution in [3.8, 4) is 0 Å². The van der Waals surface area contributed by atoms with Gasteiger partial charge in [-0.05, 0) is 24.1 Å². The average molecular weight is 206 g/mol. The molecule has 0 amide bonds. The van der Waals surface area contributed by atoms with Crippen LogP contribution < -0.4 is 5.73 Å². The van der Waals surface area contributed by atoms with Gasteiger partial charge < -0.3 is 15.3 Å². The van der Waals surface area contributed by atoms with Crippen molar-refractivity contribution < 1.29 is 9.52 Å². The standard InChI is InChI=1S/C11H14N2O2/c1-7-13-10-3-2-8(4-9(14)6-12)5-11(10)15-7/h2-3,5,9,14H,4,6,12H2,1H3. The van der Waals surface area contributed by atoms with Crippen molar-refractivity contribution in [3.05, 3.63) is 29.7 Å². The van der Waals surface area contributed by atoms with Crippen LogP contribution in [0, 0.1) is 6.92 Å². The van der Waals surface area contributed by atoms with Gasteiger partial charge in [0.25, 0.3) is 0 Å². The van der Waals surface area contributed by atoms with Gasteiger partial charge in [0, 0.05) is 13.5 Å². The fourth-order valence-corrected chi connectivity index (χ4v) is 1.57. The Morgan fingerprint density at radius 3 is 3.07 bits per heavy atom. The topological polar surface area (TPSA) is 72.3 Å².